The topological polar surface area (TPSA) is 49.9 Å². The average Bonchev–Trinajstić information content (AvgIpc) is 3.38. The second kappa shape index (κ2) is 5.41. The molecule has 5 nitrogen and oxygen atoms in total. The molecule has 0 bridgehead atoms. The Hall–Kier alpha value is -2.18. The van der Waals surface area contributed by atoms with Gasteiger partial charge < -0.3 is 14.5 Å². The van der Waals surface area contributed by atoms with Gasteiger partial charge in [0.05, 0.1) is 19.1 Å². The summed E-state index contributed by atoms with van der Waals surface area (Å²) in [7, 11) is 0. The molecule has 2 amide bonds. The third-order valence-electron chi connectivity index (χ3n) is 5.60. The Morgan fingerprint density at radius 1 is 1.20 bits per heavy atom. The van der Waals surface area contributed by atoms with E-state index in [-0.39, 0.29) is 17.9 Å². The first-order valence-corrected chi connectivity index (χ1v) is 9.46. The molecule has 0 N–H and O–H groups in total. The summed E-state index contributed by atoms with van der Waals surface area (Å²) in [5.41, 5.74) is 1.22. The van der Waals surface area contributed by atoms with Crippen molar-refractivity contribution in [1.82, 2.24) is 9.80 Å². The number of likely N-dealkylation sites (tertiary alicyclic amines) is 1. The van der Waals surface area contributed by atoms with E-state index in [0.717, 1.165) is 5.56 Å². The normalized spacial score (nSPS) is 27.7. The van der Waals surface area contributed by atoms with Gasteiger partial charge >= 0.3 is 0 Å². The number of carbonyl (C=O) groups excluding carboxylic acids is 2. The van der Waals surface area contributed by atoms with Crippen LogP contribution in [0.2, 0.25) is 0 Å². The first kappa shape index (κ1) is 15.1. The molecule has 2 aromatic rings. The van der Waals surface area contributed by atoms with Gasteiger partial charge in [0.2, 0.25) is 5.91 Å². The van der Waals surface area contributed by atoms with Gasteiger partial charge in [0.1, 0.15) is 0 Å². The lowest BCUT2D eigenvalue weighted by molar-refractivity contribution is -0.136. The summed E-state index contributed by atoms with van der Waals surface area (Å²) in [6, 6.07) is 11.7. The van der Waals surface area contributed by atoms with Crippen molar-refractivity contribution < 1.29 is 14.3 Å². The molecule has 1 spiro atoms. The Kier molecular flexibility index (Phi) is 3.27. The molecule has 4 heterocycles. The van der Waals surface area contributed by atoms with E-state index in [1.165, 1.54) is 4.88 Å². The third kappa shape index (κ3) is 2.10. The first-order chi connectivity index (χ1) is 12.2. The van der Waals surface area contributed by atoms with Crippen molar-refractivity contribution in [3.63, 3.8) is 0 Å². The molecule has 0 saturated carbocycles. The number of hydrogen-bond acceptors (Lipinski definition) is 4. The van der Waals surface area contributed by atoms with Gasteiger partial charge in [-0.3, -0.25) is 9.59 Å². The van der Waals surface area contributed by atoms with Crippen molar-refractivity contribution in [3.05, 3.63) is 47.3 Å². The molecule has 3 aliphatic heterocycles. The van der Waals surface area contributed by atoms with Crippen LogP contribution in [0.3, 0.4) is 0 Å². The maximum absolute atomic E-state index is 13.0. The fraction of sp³-hybridized carbons (Fsp3) is 0.368. The van der Waals surface area contributed by atoms with Gasteiger partial charge in [0.15, 0.2) is 5.72 Å². The molecule has 2 atom stereocenters. The van der Waals surface area contributed by atoms with Gasteiger partial charge in [-0.15, -0.1) is 11.3 Å². The van der Waals surface area contributed by atoms with E-state index in [9.17, 15) is 9.59 Å². The molecule has 0 unspecified atom stereocenters. The molecule has 1 aromatic carbocycles. The van der Waals surface area contributed by atoms with E-state index in [0.29, 0.717) is 38.1 Å². The second-order valence-corrected chi connectivity index (χ2v) is 7.71. The number of amides is 2. The molecule has 3 saturated heterocycles. The standard InChI is InChI=1S/C19H18N2O3S/c22-17-12-16-19(21(17)9-10-24-19)7-8-20(16)18(23)14-5-3-13(4-6-14)15-2-1-11-25-15/h1-6,11,16H,7-10,12H2/t16-,19+/m1/s1. The summed E-state index contributed by atoms with van der Waals surface area (Å²) in [5.74, 6) is 0.0952. The minimum Gasteiger partial charge on any atom is -0.351 e. The minimum absolute atomic E-state index is 0.00949. The number of thiophene rings is 1. The summed E-state index contributed by atoms with van der Waals surface area (Å²) < 4.78 is 5.96. The van der Waals surface area contributed by atoms with E-state index >= 15 is 0 Å². The smallest absolute Gasteiger partial charge is 0.254 e. The van der Waals surface area contributed by atoms with Crippen molar-refractivity contribution in [2.75, 3.05) is 19.7 Å². The van der Waals surface area contributed by atoms with Crippen LogP contribution >= 0.6 is 11.3 Å². The van der Waals surface area contributed by atoms with E-state index in [2.05, 4.69) is 6.07 Å². The number of nitrogens with zero attached hydrogens (tertiary/aromatic N) is 2. The zero-order chi connectivity index (χ0) is 17.0. The van der Waals surface area contributed by atoms with Gasteiger partial charge in [-0.25, -0.2) is 0 Å². The van der Waals surface area contributed by atoms with Gasteiger partial charge in [0, 0.05) is 30.0 Å². The van der Waals surface area contributed by atoms with Gasteiger partial charge in [-0.2, -0.15) is 0 Å². The van der Waals surface area contributed by atoms with Gasteiger partial charge in [-0.1, -0.05) is 18.2 Å². The van der Waals surface area contributed by atoms with Gasteiger partial charge in [-0.05, 0) is 29.1 Å². The minimum atomic E-state index is -0.566. The summed E-state index contributed by atoms with van der Waals surface area (Å²) >= 11 is 1.68. The van der Waals surface area contributed by atoms with E-state index in [4.69, 9.17) is 4.74 Å². The van der Waals surface area contributed by atoms with Crippen LogP contribution in [-0.4, -0.2) is 53.1 Å². The lowest BCUT2D eigenvalue weighted by atomic mass is 10.1. The summed E-state index contributed by atoms with van der Waals surface area (Å²) in [5, 5.41) is 2.04. The van der Waals surface area contributed by atoms with Crippen LogP contribution < -0.4 is 0 Å². The van der Waals surface area contributed by atoms with Crippen LogP contribution in [0.4, 0.5) is 0 Å². The molecular formula is C19H18N2O3S. The monoisotopic (exact) mass is 354 g/mol. The molecule has 5 rings (SSSR count). The first-order valence-electron chi connectivity index (χ1n) is 8.58. The Balaban J connectivity index is 1.41. The maximum Gasteiger partial charge on any atom is 0.254 e. The largest absolute Gasteiger partial charge is 0.351 e. The fourth-order valence-electron chi connectivity index (χ4n) is 4.42. The third-order valence-corrected chi connectivity index (χ3v) is 6.52. The van der Waals surface area contributed by atoms with Crippen LogP contribution in [-0.2, 0) is 9.53 Å². The predicted molar refractivity (Wildman–Crippen MR) is 94.2 cm³/mol. The predicted octanol–water partition coefficient (Wildman–Crippen LogP) is 2.59. The summed E-state index contributed by atoms with van der Waals surface area (Å²) in [6.07, 6.45) is 1.08. The highest BCUT2D eigenvalue weighted by Gasteiger charge is 2.62. The molecular weight excluding hydrogens is 336 g/mol. The summed E-state index contributed by atoms with van der Waals surface area (Å²) in [6.45, 7) is 1.85. The zero-order valence-corrected chi connectivity index (χ0v) is 14.5. The van der Waals surface area contributed by atoms with Crippen LogP contribution in [0.25, 0.3) is 10.4 Å². The van der Waals surface area contributed by atoms with Crippen LogP contribution in [0.15, 0.2) is 41.8 Å². The highest BCUT2D eigenvalue weighted by Crippen LogP contribution is 2.45. The van der Waals surface area contributed by atoms with Crippen molar-refractivity contribution >= 4 is 23.2 Å². The Morgan fingerprint density at radius 3 is 2.80 bits per heavy atom. The van der Waals surface area contributed by atoms with Crippen molar-refractivity contribution in [2.45, 2.75) is 24.6 Å². The molecule has 6 heteroatoms. The lowest BCUT2D eigenvalue weighted by Gasteiger charge is -2.31. The van der Waals surface area contributed by atoms with Crippen LogP contribution in [0, 0.1) is 0 Å². The van der Waals surface area contributed by atoms with Crippen molar-refractivity contribution in [2.24, 2.45) is 0 Å². The second-order valence-electron chi connectivity index (χ2n) is 6.76. The molecule has 3 fully saturated rings. The van der Waals surface area contributed by atoms with Crippen LogP contribution in [0.5, 0.6) is 0 Å². The molecule has 3 aliphatic rings. The van der Waals surface area contributed by atoms with Crippen molar-refractivity contribution in [1.29, 1.82) is 0 Å². The number of benzene rings is 1. The SMILES string of the molecule is O=C(c1ccc(-c2cccs2)cc1)N1CC[C@@]23OCCN2C(=O)C[C@@H]13. The molecule has 128 valence electrons. The molecule has 1 aromatic heterocycles. The summed E-state index contributed by atoms with van der Waals surface area (Å²) in [4.78, 5) is 30.1. The zero-order valence-electron chi connectivity index (χ0n) is 13.7. The number of carbonyl (C=O) groups is 2. The van der Waals surface area contributed by atoms with E-state index < -0.39 is 5.72 Å². The van der Waals surface area contributed by atoms with E-state index in [1.807, 2.05) is 45.5 Å². The highest BCUT2D eigenvalue weighted by atomic mass is 32.1. The van der Waals surface area contributed by atoms with Crippen LogP contribution in [0.1, 0.15) is 23.2 Å². The Labute approximate surface area is 149 Å². The Morgan fingerprint density at radius 2 is 2.04 bits per heavy atom. The molecule has 0 aliphatic carbocycles. The lowest BCUT2D eigenvalue weighted by Crippen LogP contribution is -2.48. The van der Waals surface area contributed by atoms with Gasteiger partial charge in [0.25, 0.3) is 5.91 Å². The molecule has 25 heavy (non-hydrogen) atoms. The Bertz CT molecular complexity index is 833. The van der Waals surface area contributed by atoms with E-state index in [1.54, 1.807) is 11.3 Å². The number of hydrogen-bond donors (Lipinski definition) is 0. The fourth-order valence-corrected chi connectivity index (χ4v) is 5.15. The quantitative estimate of drug-likeness (QED) is 0.833. The van der Waals surface area contributed by atoms with Crippen molar-refractivity contribution in [3.8, 4) is 10.4 Å². The highest BCUT2D eigenvalue weighted by molar-refractivity contribution is 7.13. The number of ether oxygens (including phenoxy) is 1. The maximum atomic E-state index is 13.0. The molecule has 0 radical (unpaired) electrons. The average molecular weight is 354 g/mol. The number of rotatable bonds is 2.